The molecule has 0 amide bonds. The van der Waals surface area contributed by atoms with Gasteiger partial charge in [-0.3, -0.25) is 0 Å². The van der Waals surface area contributed by atoms with Crippen LogP contribution in [-0.2, 0) is 0 Å². The van der Waals surface area contributed by atoms with E-state index in [1.807, 2.05) is 6.07 Å². The number of nitrogens with zero attached hydrogens (tertiary/aromatic N) is 2. The minimum absolute atomic E-state index is 0.330. The lowest BCUT2D eigenvalue weighted by atomic mass is 10.1. The molecule has 2 aromatic rings. The predicted octanol–water partition coefficient (Wildman–Crippen LogP) is 2.34. The van der Waals surface area contributed by atoms with Crippen LogP contribution in [0.3, 0.4) is 0 Å². The fourth-order valence-corrected chi connectivity index (χ4v) is 2.58. The molecule has 19 heavy (non-hydrogen) atoms. The number of hydrogen-bond acceptors (Lipinski definition) is 5. The molecule has 1 saturated carbocycles. The van der Waals surface area contributed by atoms with E-state index in [1.165, 1.54) is 12.0 Å². The SMILES string of the molecule is Cc1ccc(-c2nnco2)cc1NC1CCC(N)C1. The highest BCUT2D eigenvalue weighted by atomic mass is 16.4. The standard InChI is InChI=1S/C14H18N4O/c1-9-2-3-10(14-18-16-8-19-14)6-13(9)17-12-5-4-11(15)7-12/h2-3,6,8,11-12,17H,4-5,7,15H2,1H3. The highest BCUT2D eigenvalue weighted by Crippen LogP contribution is 2.27. The van der Waals surface area contributed by atoms with E-state index < -0.39 is 0 Å². The minimum Gasteiger partial charge on any atom is -0.423 e. The highest BCUT2D eigenvalue weighted by molar-refractivity contribution is 5.64. The number of rotatable bonds is 3. The molecular weight excluding hydrogens is 240 g/mol. The summed E-state index contributed by atoms with van der Waals surface area (Å²) in [6.45, 7) is 2.09. The van der Waals surface area contributed by atoms with Crippen molar-refractivity contribution in [2.75, 3.05) is 5.32 Å². The Balaban J connectivity index is 1.82. The monoisotopic (exact) mass is 258 g/mol. The number of aromatic nitrogens is 2. The third kappa shape index (κ3) is 2.61. The summed E-state index contributed by atoms with van der Waals surface area (Å²) >= 11 is 0. The maximum Gasteiger partial charge on any atom is 0.247 e. The first-order valence-electron chi connectivity index (χ1n) is 6.61. The maximum absolute atomic E-state index is 5.95. The minimum atomic E-state index is 0.330. The van der Waals surface area contributed by atoms with Gasteiger partial charge in [0.15, 0.2) is 0 Å². The molecule has 0 bridgehead atoms. The summed E-state index contributed by atoms with van der Waals surface area (Å²) in [5, 5.41) is 11.2. The van der Waals surface area contributed by atoms with Crippen molar-refractivity contribution < 1.29 is 4.42 Å². The molecule has 0 radical (unpaired) electrons. The fraction of sp³-hybridized carbons (Fsp3) is 0.429. The number of hydrogen-bond donors (Lipinski definition) is 2. The van der Waals surface area contributed by atoms with Gasteiger partial charge in [0.25, 0.3) is 0 Å². The van der Waals surface area contributed by atoms with Gasteiger partial charge in [0.2, 0.25) is 12.3 Å². The Hall–Kier alpha value is -1.88. The maximum atomic E-state index is 5.95. The van der Waals surface area contributed by atoms with Crippen molar-refractivity contribution in [2.24, 2.45) is 5.73 Å². The molecule has 1 aromatic heterocycles. The van der Waals surface area contributed by atoms with E-state index in [2.05, 4.69) is 34.6 Å². The summed E-state index contributed by atoms with van der Waals surface area (Å²) in [5.74, 6) is 0.547. The Bertz CT molecular complexity index is 553. The van der Waals surface area contributed by atoms with E-state index in [0.29, 0.717) is 18.0 Å². The van der Waals surface area contributed by atoms with Crippen molar-refractivity contribution in [1.82, 2.24) is 10.2 Å². The van der Waals surface area contributed by atoms with Gasteiger partial charge >= 0.3 is 0 Å². The summed E-state index contributed by atoms with van der Waals surface area (Å²) in [7, 11) is 0. The van der Waals surface area contributed by atoms with Crippen molar-refractivity contribution in [3.8, 4) is 11.5 Å². The largest absolute Gasteiger partial charge is 0.423 e. The lowest BCUT2D eigenvalue weighted by molar-refractivity contribution is 0.568. The molecule has 0 aliphatic heterocycles. The van der Waals surface area contributed by atoms with Crippen molar-refractivity contribution in [1.29, 1.82) is 0 Å². The zero-order chi connectivity index (χ0) is 13.2. The van der Waals surface area contributed by atoms with Crippen molar-refractivity contribution in [3.63, 3.8) is 0 Å². The van der Waals surface area contributed by atoms with Crippen LogP contribution in [0.25, 0.3) is 11.5 Å². The molecule has 0 spiro atoms. The Labute approximate surface area is 112 Å². The van der Waals surface area contributed by atoms with Crippen molar-refractivity contribution >= 4 is 5.69 Å². The van der Waals surface area contributed by atoms with Crippen LogP contribution in [0.4, 0.5) is 5.69 Å². The summed E-state index contributed by atoms with van der Waals surface area (Å²) in [4.78, 5) is 0. The predicted molar refractivity (Wildman–Crippen MR) is 73.7 cm³/mol. The first-order valence-corrected chi connectivity index (χ1v) is 6.61. The van der Waals surface area contributed by atoms with Gasteiger partial charge in [0.05, 0.1) is 0 Å². The average Bonchev–Trinajstić information content (AvgIpc) is 3.04. The highest BCUT2D eigenvalue weighted by Gasteiger charge is 2.22. The smallest absolute Gasteiger partial charge is 0.247 e. The molecule has 5 heteroatoms. The van der Waals surface area contributed by atoms with Gasteiger partial charge in [-0.15, -0.1) is 10.2 Å². The second kappa shape index (κ2) is 5.01. The second-order valence-electron chi connectivity index (χ2n) is 5.19. The van der Waals surface area contributed by atoms with E-state index >= 15 is 0 Å². The zero-order valence-electron chi connectivity index (χ0n) is 11.0. The molecule has 1 fully saturated rings. The number of anilines is 1. The summed E-state index contributed by atoms with van der Waals surface area (Å²) in [6, 6.07) is 6.92. The van der Waals surface area contributed by atoms with E-state index in [4.69, 9.17) is 10.2 Å². The molecule has 1 aliphatic carbocycles. The molecule has 2 unspecified atom stereocenters. The Morgan fingerprint density at radius 2 is 2.26 bits per heavy atom. The van der Waals surface area contributed by atoms with Crippen LogP contribution < -0.4 is 11.1 Å². The molecule has 3 rings (SSSR count). The summed E-state index contributed by atoms with van der Waals surface area (Å²) in [6.07, 6.45) is 4.61. The van der Waals surface area contributed by atoms with Gasteiger partial charge < -0.3 is 15.5 Å². The van der Waals surface area contributed by atoms with Gasteiger partial charge in [-0.2, -0.15) is 0 Å². The normalized spacial score (nSPS) is 22.6. The molecule has 1 heterocycles. The lowest BCUT2D eigenvalue weighted by Gasteiger charge is -2.16. The Morgan fingerprint density at radius 1 is 1.37 bits per heavy atom. The van der Waals surface area contributed by atoms with Gasteiger partial charge in [-0.05, 0) is 43.9 Å². The Morgan fingerprint density at radius 3 is 2.95 bits per heavy atom. The van der Waals surface area contributed by atoms with Crippen LogP contribution in [0.5, 0.6) is 0 Å². The van der Waals surface area contributed by atoms with E-state index in [0.717, 1.165) is 30.5 Å². The third-order valence-corrected chi connectivity index (χ3v) is 3.68. The molecule has 2 atom stereocenters. The van der Waals surface area contributed by atoms with Crippen molar-refractivity contribution in [3.05, 3.63) is 30.2 Å². The number of nitrogens with one attached hydrogen (secondary N) is 1. The average molecular weight is 258 g/mol. The van der Waals surface area contributed by atoms with Gasteiger partial charge in [-0.25, -0.2) is 0 Å². The fourth-order valence-electron chi connectivity index (χ4n) is 2.58. The van der Waals surface area contributed by atoms with Crippen LogP contribution in [0, 0.1) is 6.92 Å². The van der Waals surface area contributed by atoms with Gasteiger partial charge in [-0.1, -0.05) is 6.07 Å². The first kappa shape index (κ1) is 12.2. The first-order chi connectivity index (χ1) is 9.22. The van der Waals surface area contributed by atoms with Crippen LogP contribution in [0.2, 0.25) is 0 Å². The van der Waals surface area contributed by atoms with Gasteiger partial charge in [0, 0.05) is 23.3 Å². The molecular formula is C14H18N4O. The van der Waals surface area contributed by atoms with E-state index in [-0.39, 0.29) is 0 Å². The molecule has 100 valence electrons. The van der Waals surface area contributed by atoms with Crippen LogP contribution >= 0.6 is 0 Å². The molecule has 3 N–H and O–H groups in total. The Kier molecular flexibility index (Phi) is 3.21. The topological polar surface area (TPSA) is 77.0 Å². The number of aryl methyl sites for hydroxylation is 1. The molecule has 5 nitrogen and oxygen atoms in total. The summed E-state index contributed by atoms with van der Waals surface area (Å²) in [5.41, 5.74) is 9.22. The van der Waals surface area contributed by atoms with Gasteiger partial charge in [0.1, 0.15) is 0 Å². The molecule has 1 aliphatic rings. The zero-order valence-corrected chi connectivity index (χ0v) is 11.0. The van der Waals surface area contributed by atoms with E-state index in [1.54, 1.807) is 0 Å². The number of nitrogens with two attached hydrogens (primary N) is 1. The van der Waals surface area contributed by atoms with Crippen LogP contribution in [0.1, 0.15) is 24.8 Å². The van der Waals surface area contributed by atoms with E-state index in [9.17, 15) is 0 Å². The number of benzene rings is 1. The molecule has 0 saturated heterocycles. The third-order valence-electron chi connectivity index (χ3n) is 3.68. The second-order valence-corrected chi connectivity index (χ2v) is 5.19. The van der Waals surface area contributed by atoms with Crippen LogP contribution in [0.15, 0.2) is 29.0 Å². The van der Waals surface area contributed by atoms with Crippen LogP contribution in [-0.4, -0.2) is 22.3 Å². The lowest BCUT2D eigenvalue weighted by Crippen LogP contribution is -2.21. The van der Waals surface area contributed by atoms with Crippen molar-refractivity contribution in [2.45, 2.75) is 38.3 Å². The quantitative estimate of drug-likeness (QED) is 0.883. The molecule has 1 aromatic carbocycles. The summed E-state index contributed by atoms with van der Waals surface area (Å²) < 4.78 is 5.23.